The van der Waals surface area contributed by atoms with Crippen LogP contribution in [0.2, 0.25) is 0 Å². The van der Waals surface area contributed by atoms with Gasteiger partial charge in [-0.2, -0.15) is 0 Å². The van der Waals surface area contributed by atoms with Gasteiger partial charge in [0, 0.05) is 57.0 Å². The van der Waals surface area contributed by atoms with Crippen LogP contribution in [0.1, 0.15) is 11.1 Å². The Bertz CT molecular complexity index is 698. The summed E-state index contributed by atoms with van der Waals surface area (Å²) < 4.78 is 13.7. The summed E-state index contributed by atoms with van der Waals surface area (Å²) in [5.41, 5.74) is 1.93. The summed E-state index contributed by atoms with van der Waals surface area (Å²) in [6.07, 6.45) is 0. The fourth-order valence-electron chi connectivity index (χ4n) is 2.95. The SMILES string of the molecule is O=[N+]([O-])c1ccc(CN2CCN(Cc3ccccc3F)CC2)cc1. The van der Waals surface area contributed by atoms with Crippen LogP contribution in [-0.4, -0.2) is 40.9 Å². The highest BCUT2D eigenvalue weighted by molar-refractivity contribution is 5.32. The van der Waals surface area contributed by atoms with E-state index in [2.05, 4.69) is 9.80 Å². The largest absolute Gasteiger partial charge is 0.297 e. The predicted molar refractivity (Wildman–Crippen MR) is 90.1 cm³/mol. The van der Waals surface area contributed by atoms with Crippen LogP contribution >= 0.6 is 0 Å². The van der Waals surface area contributed by atoms with Gasteiger partial charge < -0.3 is 0 Å². The van der Waals surface area contributed by atoms with E-state index >= 15 is 0 Å². The number of nitro groups is 1. The molecule has 1 fully saturated rings. The zero-order chi connectivity index (χ0) is 16.9. The lowest BCUT2D eigenvalue weighted by atomic mass is 10.1. The second-order valence-electron chi connectivity index (χ2n) is 6.07. The maximum Gasteiger partial charge on any atom is 0.269 e. The Balaban J connectivity index is 1.50. The lowest BCUT2D eigenvalue weighted by molar-refractivity contribution is -0.384. The standard InChI is InChI=1S/C18H20FN3O2/c19-18-4-2-1-3-16(18)14-21-11-9-20(10-12-21)13-15-5-7-17(8-6-15)22(23)24/h1-8H,9-14H2. The Morgan fingerprint density at radius 1 is 0.917 bits per heavy atom. The molecule has 1 aliphatic rings. The molecule has 0 aromatic heterocycles. The smallest absolute Gasteiger partial charge is 0.269 e. The van der Waals surface area contributed by atoms with Crippen molar-refractivity contribution in [3.8, 4) is 0 Å². The second-order valence-corrected chi connectivity index (χ2v) is 6.07. The molecule has 0 unspecified atom stereocenters. The molecule has 1 aliphatic heterocycles. The highest BCUT2D eigenvalue weighted by Gasteiger charge is 2.18. The van der Waals surface area contributed by atoms with Gasteiger partial charge in [0.15, 0.2) is 0 Å². The Kier molecular flexibility index (Phi) is 5.17. The third-order valence-electron chi connectivity index (χ3n) is 4.37. The van der Waals surface area contributed by atoms with Crippen molar-refractivity contribution in [2.24, 2.45) is 0 Å². The Morgan fingerprint density at radius 2 is 1.50 bits per heavy atom. The van der Waals surface area contributed by atoms with E-state index in [0.29, 0.717) is 6.54 Å². The summed E-state index contributed by atoms with van der Waals surface area (Å²) in [5, 5.41) is 10.7. The molecule has 24 heavy (non-hydrogen) atoms. The average molecular weight is 329 g/mol. The lowest BCUT2D eigenvalue weighted by Gasteiger charge is -2.34. The lowest BCUT2D eigenvalue weighted by Crippen LogP contribution is -2.45. The van der Waals surface area contributed by atoms with Crippen LogP contribution in [-0.2, 0) is 13.1 Å². The summed E-state index contributed by atoms with van der Waals surface area (Å²) in [5.74, 6) is -0.147. The third-order valence-corrected chi connectivity index (χ3v) is 4.37. The minimum Gasteiger partial charge on any atom is -0.297 e. The summed E-state index contributed by atoms with van der Waals surface area (Å²) >= 11 is 0. The van der Waals surface area contributed by atoms with Gasteiger partial charge in [-0.1, -0.05) is 30.3 Å². The van der Waals surface area contributed by atoms with Crippen LogP contribution in [0.25, 0.3) is 0 Å². The van der Waals surface area contributed by atoms with Crippen molar-refractivity contribution < 1.29 is 9.31 Å². The van der Waals surface area contributed by atoms with Crippen molar-refractivity contribution in [1.29, 1.82) is 0 Å². The average Bonchev–Trinajstić information content (AvgIpc) is 2.59. The van der Waals surface area contributed by atoms with Gasteiger partial charge in [-0.25, -0.2) is 4.39 Å². The predicted octanol–water partition coefficient (Wildman–Crippen LogP) is 3.05. The quantitative estimate of drug-likeness (QED) is 0.625. The van der Waals surface area contributed by atoms with E-state index < -0.39 is 0 Å². The number of hydrogen-bond acceptors (Lipinski definition) is 4. The van der Waals surface area contributed by atoms with Crippen molar-refractivity contribution in [2.75, 3.05) is 26.2 Å². The van der Waals surface area contributed by atoms with Gasteiger partial charge >= 0.3 is 0 Å². The van der Waals surface area contributed by atoms with E-state index in [4.69, 9.17) is 0 Å². The molecule has 0 saturated carbocycles. The van der Waals surface area contributed by atoms with Crippen LogP contribution in [0.15, 0.2) is 48.5 Å². The number of benzene rings is 2. The zero-order valence-electron chi connectivity index (χ0n) is 13.4. The van der Waals surface area contributed by atoms with Gasteiger partial charge in [0.25, 0.3) is 5.69 Å². The van der Waals surface area contributed by atoms with Gasteiger partial charge in [0.1, 0.15) is 5.82 Å². The number of halogens is 1. The number of hydrogen-bond donors (Lipinski definition) is 0. The molecule has 2 aromatic rings. The van der Waals surface area contributed by atoms with E-state index in [0.717, 1.165) is 43.9 Å². The normalized spacial score (nSPS) is 16.2. The van der Waals surface area contributed by atoms with Crippen molar-refractivity contribution in [3.63, 3.8) is 0 Å². The molecule has 1 saturated heterocycles. The van der Waals surface area contributed by atoms with Gasteiger partial charge in [0.2, 0.25) is 0 Å². The highest BCUT2D eigenvalue weighted by Crippen LogP contribution is 2.16. The molecule has 3 rings (SSSR count). The molecule has 6 heteroatoms. The minimum absolute atomic E-state index is 0.119. The first kappa shape index (κ1) is 16.5. The Labute approximate surface area is 140 Å². The molecule has 0 amide bonds. The summed E-state index contributed by atoms with van der Waals surface area (Å²) in [6, 6.07) is 13.6. The Hall–Kier alpha value is -2.31. The molecule has 2 aromatic carbocycles. The molecule has 0 spiro atoms. The van der Waals surface area contributed by atoms with Crippen LogP contribution in [0.3, 0.4) is 0 Å². The van der Waals surface area contributed by atoms with E-state index in [1.165, 1.54) is 6.07 Å². The topological polar surface area (TPSA) is 49.6 Å². The maximum atomic E-state index is 13.7. The fourth-order valence-corrected chi connectivity index (χ4v) is 2.95. The van der Waals surface area contributed by atoms with Gasteiger partial charge in [-0.3, -0.25) is 19.9 Å². The molecular formula is C18H20FN3O2. The number of rotatable bonds is 5. The second kappa shape index (κ2) is 7.51. The molecule has 5 nitrogen and oxygen atoms in total. The van der Waals surface area contributed by atoms with Crippen LogP contribution < -0.4 is 0 Å². The van der Waals surface area contributed by atoms with Crippen LogP contribution in [0, 0.1) is 15.9 Å². The van der Waals surface area contributed by atoms with Crippen molar-refractivity contribution in [2.45, 2.75) is 13.1 Å². The summed E-state index contributed by atoms with van der Waals surface area (Å²) in [4.78, 5) is 14.9. The summed E-state index contributed by atoms with van der Waals surface area (Å²) in [6.45, 7) is 5.02. The number of non-ortho nitro benzene ring substituents is 1. The number of nitrogens with zero attached hydrogens (tertiary/aromatic N) is 3. The first-order chi connectivity index (χ1) is 11.6. The van der Waals surface area contributed by atoms with Crippen molar-refractivity contribution in [1.82, 2.24) is 9.80 Å². The fraction of sp³-hybridized carbons (Fsp3) is 0.333. The third kappa shape index (κ3) is 4.15. The monoisotopic (exact) mass is 329 g/mol. The molecule has 0 N–H and O–H groups in total. The summed E-state index contributed by atoms with van der Waals surface area (Å²) in [7, 11) is 0. The van der Waals surface area contributed by atoms with E-state index in [9.17, 15) is 14.5 Å². The molecular weight excluding hydrogens is 309 g/mol. The van der Waals surface area contributed by atoms with Gasteiger partial charge in [-0.15, -0.1) is 0 Å². The maximum absolute atomic E-state index is 13.7. The van der Waals surface area contributed by atoms with Crippen LogP contribution in [0.4, 0.5) is 10.1 Å². The minimum atomic E-state index is -0.384. The molecule has 0 atom stereocenters. The van der Waals surface area contributed by atoms with Gasteiger partial charge in [-0.05, 0) is 11.6 Å². The van der Waals surface area contributed by atoms with Crippen molar-refractivity contribution in [3.05, 3.63) is 75.6 Å². The first-order valence-electron chi connectivity index (χ1n) is 8.03. The molecule has 126 valence electrons. The molecule has 0 bridgehead atoms. The Morgan fingerprint density at radius 3 is 2.08 bits per heavy atom. The number of nitro benzene ring substituents is 1. The van der Waals surface area contributed by atoms with Gasteiger partial charge in [0.05, 0.1) is 4.92 Å². The van der Waals surface area contributed by atoms with E-state index in [1.807, 2.05) is 24.3 Å². The van der Waals surface area contributed by atoms with E-state index in [-0.39, 0.29) is 16.4 Å². The molecule has 0 aliphatic carbocycles. The first-order valence-corrected chi connectivity index (χ1v) is 8.03. The molecule has 0 radical (unpaired) electrons. The van der Waals surface area contributed by atoms with Crippen LogP contribution in [0.5, 0.6) is 0 Å². The zero-order valence-corrected chi connectivity index (χ0v) is 13.4. The number of piperazine rings is 1. The highest BCUT2D eigenvalue weighted by atomic mass is 19.1. The van der Waals surface area contributed by atoms with Crippen molar-refractivity contribution >= 4 is 5.69 Å². The molecule has 1 heterocycles. The van der Waals surface area contributed by atoms with E-state index in [1.54, 1.807) is 18.2 Å².